The second kappa shape index (κ2) is 6.30. The lowest BCUT2D eigenvalue weighted by Gasteiger charge is -2.19. The highest BCUT2D eigenvalue weighted by atomic mass is 35.5. The van der Waals surface area contributed by atoms with Crippen molar-refractivity contribution in [2.45, 2.75) is 39.4 Å². The van der Waals surface area contributed by atoms with Gasteiger partial charge in [0.2, 0.25) is 0 Å². The zero-order chi connectivity index (χ0) is 17.5. The van der Waals surface area contributed by atoms with Crippen molar-refractivity contribution in [3.63, 3.8) is 0 Å². The summed E-state index contributed by atoms with van der Waals surface area (Å²) in [5.41, 5.74) is 2.22. The number of halogens is 1. The van der Waals surface area contributed by atoms with Crippen molar-refractivity contribution in [3.05, 3.63) is 44.8 Å². The maximum atomic E-state index is 12.4. The number of hydrogen-bond donors (Lipinski definition) is 0. The molecule has 23 heavy (non-hydrogen) atoms. The Morgan fingerprint density at radius 3 is 2.43 bits per heavy atom. The summed E-state index contributed by atoms with van der Waals surface area (Å²) in [4.78, 5) is 12.4. The molecule has 0 aliphatic heterocycles. The predicted molar refractivity (Wildman–Crippen MR) is 99.0 cm³/mol. The Labute approximate surface area is 144 Å². The van der Waals surface area contributed by atoms with Gasteiger partial charge in [0.05, 0.1) is 5.71 Å². The monoisotopic (exact) mass is 352 g/mol. The molecular weight excluding hydrogens is 332 g/mol. The Hall–Kier alpha value is -1.30. The van der Waals surface area contributed by atoms with E-state index in [-0.39, 0.29) is 5.56 Å². The van der Waals surface area contributed by atoms with Crippen molar-refractivity contribution in [3.8, 4) is 0 Å². The molecule has 1 aromatic carbocycles. The van der Waals surface area contributed by atoms with Gasteiger partial charge in [-0.25, -0.2) is 0 Å². The van der Waals surface area contributed by atoms with Crippen molar-refractivity contribution in [2.24, 2.45) is 11.4 Å². The first kappa shape index (κ1) is 18.0. The summed E-state index contributed by atoms with van der Waals surface area (Å²) in [6.45, 7) is 9.36. The van der Waals surface area contributed by atoms with Crippen LogP contribution in [0.5, 0.6) is 0 Å². The summed E-state index contributed by atoms with van der Waals surface area (Å²) < 4.78 is 17.6. The molecule has 1 aromatic heterocycles. The molecule has 0 saturated carbocycles. The molecule has 0 fully saturated rings. The summed E-state index contributed by atoms with van der Waals surface area (Å²) in [6.07, 6.45) is 0. The third kappa shape index (κ3) is 3.62. The van der Waals surface area contributed by atoms with Crippen molar-refractivity contribution < 1.29 is 4.55 Å². The molecule has 124 valence electrons. The van der Waals surface area contributed by atoms with Gasteiger partial charge in [0.25, 0.3) is 5.56 Å². The number of hydrogen-bond acceptors (Lipinski definition) is 3. The quantitative estimate of drug-likeness (QED) is 0.469. The molecule has 0 aliphatic carbocycles. The third-order valence-electron chi connectivity index (χ3n) is 3.58. The van der Waals surface area contributed by atoms with Gasteiger partial charge >= 0.3 is 0 Å². The van der Waals surface area contributed by atoms with Crippen LogP contribution in [0.4, 0.5) is 0 Å². The van der Waals surface area contributed by atoms with Gasteiger partial charge in [-0.3, -0.25) is 4.79 Å². The predicted octanol–water partition coefficient (Wildman–Crippen LogP) is 3.77. The van der Waals surface area contributed by atoms with E-state index >= 15 is 0 Å². The minimum atomic E-state index is -1.36. The fourth-order valence-electron chi connectivity index (χ4n) is 2.23. The van der Waals surface area contributed by atoms with Crippen LogP contribution in [0.2, 0.25) is 5.15 Å². The molecule has 6 heteroatoms. The van der Waals surface area contributed by atoms with Gasteiger partial charge in [0.15, 0.2) is 0 Å². The van der Waals surface area contributed by atoms with Crippen molar-refractivity contribution in [1.29, 1.82) is 0 Å². The average Bonchev–Trinajstić information content (AvgIpc) is 2.44. The van der Waals surface area contributed by atoms with E-state index in [4.69, 9.17) is 11.6 Å². The minimum Gasteiger partial charge on any atom is -0.591 e. The SMILES string of the molecule is C/C(=N\[S@+]([O-])C(C)(C)C)c1cc(C)cc2c(=O)n(C)c(Cl)cc12. The molecule has 0 N–H and O–H groups in total. The highest BCUT2D eigenvalue weighted by molar-refractivity contribution is 7.91. The van der Waals surface area contributed by atoms with Gasteiger partial charge in [0.1, 0.15) is 21.3 Å². The summed E-state index contributed by atoms with van der Waals surface area (Å²) in [6, 6.07) is 5.54. The van der Waals surface area contributed by atoms with E-state index in [1.165, 1.54) is 4.57 Å². The Balaban J connectivity index is 2.75. The van der Waals surface area contributed by atoms with Gasteiger partial charge in [-0.05, 0) is 63.8 Å². The molecular formula is C17H21ClN2O2S. The molecule has 0 saturated heterocycles. The molecule has 0 spiro atoms. The molecule has 0 amide bonds. The van der Waals surface area contributed by atoms with Gasteiger partial charge in [0, 0.05) is 18.0 Å². The van der Waals surface area contributed by atoms with Crippen LogP contribution < -0.4 is 5.56 Å². The van der Waals surface area contributed by atoms with Crippen molar-refractivity contribution in [2.75, 3.05) is 0 Å². The Kier molecular flexibility index (Phi) is 4.95. The van der Waals surface area contributed by atoms with Crippen LogP contribution in [-0.2, 0) is 18.4 Å². The van der Waals surface area contributed by atoms with Crippen LogP contribution in [-0.4, -0.2) is 19.6 Å². The number of aromatic nitrogens is 1. The summed E-state index contributed by atoms with van der Waals surface area (Å²) >= 11 is 4.79. The number of fused-ring (bicyclic) bond motifs is 1. The Morgan fingerprint density at radius 1 is 1.26 bits per heavy atom. The van der Waals surface area contributed by atoms with E-state index in [9.17, 15) is 9.35 Å². The molecule has 1 atom stereocenters. The standard InChI is InChI=1S/C17H21ClN2O2S/c1-10-7-12(11(2)19-23(22)17(3,4)5)13-9-15(18)20(6)16(21)14(13)8-10/h7-9H,1-6H3/b19-11+/t23-/m1/s1. The lowest BCUT2D eigenvalue weighted by Crippen LogP contribution is -2.26. The van der Waals surface area contributed by atoms with Gasteiger partial charge in [-0.2, -0.15) is 0 Å². The summed E-state index contributed by atoms with van der Waals surface area (Å²) in [7, 11) is 1.64. The van der Waals surface area contributed by atoms with E-state index < -0.39 is 16.1 Å². The van der Waals surface area contributed by atoms with Gasteiger partial charge in [-0.15, -0.1) is 0 Å². The second-order valence-corrected chi connectivity index (χ2v) is 8.94. The number of rotatable bonds is 2. The number of pyridine rings is 1. The molecule has 2 rings (SSSR count). The maximum Gasteiger partial charge on any atom is 0.259 e. The second-order valence-electron chi connectivity index (χ2n) is 6.64. The first-order valence-electron chi connectivity index (χ1n) is 7.30. The molecule has 0 unspecified atom stereocenters. The zero-order valence-corrected chi connectivity index (χ0v) is 15.8. The van der Waals surface area contributed by atoms with Gasteiger partial charge < -0.3 is 9.12 Å². The third-order valence-corrected chi connectivity index (χ3v) is 5.43. The fourth-order valence-corrected chi connectivity index (χ4v) is 3.04. The number of benzene rings is 1. The van der Waals surface area contributed by atoms with Crippen LogP contribution in [0.3, 0.4) is 0 Å². The van der Waals surface area contributed by atoms with E-state index in [2.05, 4.69) is 4.40 Å². The number of nitrogens with zero attached hydrogens (tertiary/aromatic N) is 2. The van der Waals surface area contributed by atoms with Crippen LogP contribution in [0.1, 0.15) is 38.8 Å². The minimum absolute atomic E-state index is 0.151. The largest absolute Gasteiger partial charge is 0.591 e. The highest BCUT2D eigenvalue weighted by Crippen LogP contribution is 2.24. The summed E-state index contributed by atoms with van der Waals surface area (Å²) in [5, 5.41) is 1.68. The van der Waals surface area contributed by atoms with Crippen LogP contribution in [0.15, 0.2) is 27.4 Å². The van der Waals surface area contributed by atoms with E-state index in [0.717, 1.165) is 16.5 Å². The first-order valence-corrected chi connectivity index (χ1v) is 8.78. The van der Waals surface area contributed by atoms with Crippen molar-refractivity contribution in [1.82, 2.24) is 4.57 Å². The topological polar surface area (TPSA) is 57.4 Å². The molecule has 2 aromatic rings. The molecule has 0 aliphatic rings. The molecule has 0 bridgehead atoms. The molecule has 4 nitrogen and oxygen atoms in total. The Morgan fingerprint density at radius 2 is 1.87 bits per heavy atom. The summed E-state index contributed by atoms with van der Waals surface area (Å²) in [5.74, 6) is 0. The van der Waals surface area contributed by atoms with E-state index in [1.54, 1.807) is 13.1 Å². The molecule has 0 radical (unpaired) electrons. The highest BCUT2D eigenvalue weighted by Gasteiger charge is 2.27. The first-order chi connectivity index (χ1) is 10.5. The van der Waals surface area contributed by atoms with Crippen LogP contribution in [0.25, 0.3) is 10.8 Å². The zero-order valence-electron chi connectivity index (χ0n) is 14.2. The Bertz CT molecular complexity index is 850. The average molecular weight is 353 g/mol. The van der Waals surface area contributed by atoms with Crippen LogP contribution in [0, 0.1) is 6.92 Å². The molecule has 1 heterocycles. The lowest BCUT2D eigenvalue weighted by molar-refractivity contribution is 0.561. The van der Waals surface area contributed by atoms with Crippen molar-refractivity contribution >= 4 is 39.4 Å². The fraction of sp³-hybridized carbons (Fsp3) is 0.412. The number of aryl methyl sites for hydroxylation is 1. The van der Waals surface area contributed by atoms with E-state index in [1.807, 2.05) is 46.8 Å². The van der Waals surface area contributed by atoms with Gasteiger partial charge in [-0.1, -0.05) is 16.0 Å². The normalized spacial score (nSPS) is 14.3. The van der Waals surface area contributed by atoms with E-state index in [0.29, 0.717) is 16.3 Å². The van der Waals surface area contributed by atoms with Crippen LogP contribution >= 0.6 is 11.6 Å². The maximum absolute atomic E-state index is 12.4. The smallest absolute Gasteiger partial charge is 0.259 e. The lowest BCUT2D eigenvalue weighted by atomic mass is 10.00.